The van der Waals surface area contributed by atoms with Crippen LogP contribution in [0.5, 0.6) is 5.75 Å². The topological polar surface area (TPSA) is 103 Å². The van der Waals surface area contributed by atoms with E-state index < -0.39 is 9.84 Å². The van der Waals surface area contributed by atoms with Crippen LogP contribution in [-0.2, 0) is 26.9 Å². The Hall–Kier alpha value is -3.20. The normalized spacial score (nSPS) is 19.2. The summed E-state index contributed by atoms with van der Waals surface area (Å²) in [6.45, 7) is 9.83. The van der Waals surface area contributed by atoms with Gasteiger partial charge in [-0.3, -0.25) is 14.5 Å². The number of hydrogen-bond donors (Lipinski definition) is 1. The Morgan fingerprint density at radius 1 is 1.11 bits per heavy atom. The van der Waals surface area contributed by atoms with E-state index in [-0.39, 0.29) is 29.7 Å². The molecule has 2 atom stereocenters. The van der Waals surface area contributed by atoms with Gasteiger partial charge in [0.1, 0.15) is 12.3 Å². The van der Waals surface area contributed by atoms with Crippen molar-refractivity contribution in [3.05, 3.63) is 70.8 Å². The highest BCUT2D eigenvalue weighted by molar-refractivity contribution is 7.90. The Balaban J connectivity index is 1.41. The van der Waals surface area contributed by atoms with Crippen molar-refractivity contribution in [1.29, 1.82) is 0 Å². The van der Waals surface area contributed by atoms with Crippen LogP contribution in [0.25, 0.3) is 0 Å². The molecule has 2 heterocycles. The van der Waals surface area contributed by atoms with Gasteiger partial charge in [-0.1, -0.05) is 13.8 Å². The Bertz CT molecular complexity index is 1390. The van der Waals surface area contributed by atoms with Crippen molar-refractivity contribution < 1.29 is 17.9 Å². The number of sulfone groups is 1. The largest absolute Gasteiger partial charge is 0.497 e. The lowest BCUT2D eigenvalue weighted by Gasteiger charge is -2.43. The molecule has 0 bridgehead atoms. The fraction of sp³-hybridized carbons (Fsp3) is 0.483. The van der Waals surface area contributed by atoms with Gasteiger partial charge in [-0.25, -0.2) is 8.42 Å². The lowest BCUT2D eigenvalue weighted by molar-refractivity contribution is -0.123. The van der Waals surface area contributed by atoms with E-state index in [1.54, 1.807) is 43.8 Å². The van der Waals surface area contributed by atoms with Crippen LogP contribution in [0.4, 0.5) is 0 Å². The number of nitrogens with one attached hydrogen (secondary N) is 1. The van der Waals surface area contributed by atoms with Crippen LogP contribution < -0.4 is 10.1 Å². The number of rotatable bonds is 8. The predicted octanol–water partition coefficient (Wildman–Crippen LogP) is 4.66. The number of hydrogen-bond acceptors (Lipinski definition) is 6. The number of carbonyl (C=O) groups excluding carboxylic acids is 1. The average molecular weight is 539 g/mol. The highest BCUT2D eigenvalue weighted by Gasteiger charge is 2.38. The molecule has 204 valence electrons. The molecule has 9 heteroatoms. The smallest absolute Gasteiger partial charge is 0.241 e. The SMILES string of the molecule is COc1cc(C)c(S(=O)(=O)Cc2cc(C)n(CC(=O)NC3CCC(c4ccncc4)CC3(C)C)n2)c(C)c1. The van der Waals surface area contributed by atoms with Gasteiger partial charge in [-0.15, -0.1) is 0 Å². The van der Waals surface area contributed by atoms with Crippen molar-refractivity contribution in [2.24, 2.45) is 5.41 Å². The summed E-state index contributed by atoms with van der Waals surface area (Å²) < 4.78 is 33.4. The van der Waals surface area contributed by atoms with Gasteiger partial charge in [-0.2, -0.15) is 5.10 Å². The number of amides is 1. The van der Waals surface area contributed by atoms with E-state index in [9.17, 15) is 13.2 Å². The number of carbonyl (C=O) groups is 1. The Morgan fingerprint density at radius 3 is 2.37 bits per heavy atom. The maximum absolute atomic E-state index is 13.3. The molecule has 38 heavy (non-hydrogen) atoms. The van der Waals surface area contributed by atoms with E-state index in [1.165, 1.54) is 5.56 Å². The first kappa shape index (κ1) is 27.8. The minimum Gasteiger partial charge on any atom is -0.497 e. The maximum Gasteiger partial charge on any atom is 0.241 e. The van der Waals surface area contributed by atoms with Crippen LogP contribution in [-0.4, -0.2) is 42.2 Å². The standard InChI is InChI=1S/C29H38N4O4S/c1-19-13-25(37-6)14-20(2)28(19)38(35,36)18-24-15-21(3)33(32-24)17-27(34)31-26-8-7-23(16-29(26,4)5)22-9-11-30-12-10-22/h9-15,23,26H,7-8,16-18H2,1-6H3,(H,31,34). The molecule has 1 aliphatic rings. The second kappa shape index (κ2) is 10.9. The summed E-state index contributed by atoms with van der Waals surface area (Å²) >= 11 is 0. The summed E-state index contributed by atoms with van der Waals surface area (Å²) in [6, 6.07) is 9.40. The van der Waals surface area contributed by atoms with E-state index >= 15 is 0 Å². The van der Waals surface area contributed by atoms with Gasteiger partial charge >= 0.3 is 0 Å². The van der Waals surface area contributed by atoms with Crippen LogP contribution in [0.1, 0.15) is 67.1 Å². The highest BCUT2D eigenvalue weighted by Crippen LogP contribution is 2.43. The Morgan fingerprint density at radius 2 is 1.76 bits per heavy atom. The number of aromatic nitrogens is 3. The fourth-order valence-electron chi connectivity index (χ4n) is 5.80. The molecule has 4 rings (SSSR count). The molecule has 1 aliphatic carbocycles. The molecule has 8 nitrogen and oxygen atoms in total. The first-order valence-electron chi connectivity index (χ1n) is 13.0. The second-order valence-electron chi connectivity index (χ2n) is 11.2. The van der Waals surface area contributed by atoms with E-state index in [0.717, 1.165) is 25.0 Å². The molecule has 1 N–H and O–H groups in total. The second-order valence-corrected chi connectivity index (χ2v) is 13.1. The number of methoxy groups -OCH3 is 1. The number of aryl methyl sites for hydroxylation is 3. The molecule has 0 radical (unpaired) electrons. The quantitative estimate of drug-likeness (QED) is 0.447. The van der Waals surface area contributed by atoms with Gasteiger partial charge in [-0.05, 0) is 98.4 Å². The molecule has 2 unspecified atom stereocenters. The van der Waals surface area contributed by atoms with E-state index in [1.807, 2.05) is 19.3 Å². The molecule has 1 saturated carbocycles. The minimum absolute atomic E-state index is 0.0484. The summed E-state index contributed by atoms with van der Waals surface area (Å²) in [4.78, 5) is 17.5. The average Bonchev–Trinajstić information content (AvgIpc) is 3.17. The summed E-state index contributed by atoms with van der Waals surface area (Å²) in [5.74, 6) is 0.728. The van der Waals surface area contributed by atoms with Crippen LogP contribution in [0.15, 0.2) is 47.6 Å². The fourth-order valence-corrected chi connectivity index (χ4v) is 7.57. The molecule has 1 aromatic carbocycles. The van der Waals surface area contributed by atoms with Gasteiger partial charge in [0.2, 0.25) is 5.91 Å². The number of pyridine rings is 1. The first-order valence-corrected chi connectivity index (χ1v) is 14.7. The predicted molar refractivity (Wildman–Crippen MR) is 147 cm³/mol. The highest BCUT2D eigenvalue weighted by atomic mass is 32.2. The van der Waals surface area contributed by atoms with E-state index in [2.05, 4.69) is 41.4 Å². The molecule has 0 spiro atoms. The van der Waals surface area contributed by atoms with Gasteiger partial charge in [0.15, 0.2) is 9.84 Å². The van der Waals surface area contributed by atoms with Crippen LogP contribution >= 0.6 is 0 Å². The van der Waals surface area contributed by atoms with Gasteiger partial charge in [0.25, 0.3) is 0 Å². The zero-order chi connectivity index (χ0) is 27.7. The van der Waals surface area contributed by atoms with Crippen molar-refractivity contribution >= 4 is 15.7 Å². The van der Waals surface area contributed by atoms with Crippen molar-refractivity contribution in [1.82, 2.24) is 20.1 Å². The van der Waals surface area contributed by atoms with Crippen LogP contribution in [0.3, 0.4) is 0 Å². The lowest BCUT2D eigenvalue weighted by atomic mass is 9.67. The molecular weight excluding hydrogens is 500 g/mol. The molecule has 0 aliphatic heterocycles. The van der Waals surface area contributed by atoms with E-state index in [4.69, 9.17) is 4.74 Å². The summed E-state index contributed by atoms with van der Waals surface area (Å²) in [6.07, 6.45) is 6.55. The zero-order valence-electron chi connectivity index (χ0n) is 23.1. The third-order valence-corrected chi connectivity index (χ3v) is 9.62. The molecular formula is C29H38N4O4S. The first-order chi connectivity index (χ1) is 17.9. The van der Waals surface area contributed by atoms with E-state index in [0.29, 0.717) is 33.4 Å². The zero-order valence-corrected chi connectivity index (χ0v) is 23.9. The third-order valence-electron chi connectivity index (χ3n) is 7.68. The van der Waals surface area contributed by atoms with Gasteiger partial charge in [0, 0.05) is 24.1 Å². The van der Waals surface area contributed by atoms with Crippen molar-refractivity contribution in [2.45, 2.75) is 83.0 Å². The molecule has 2 aromatic heterocycles. The van der Waals surface area contributed by atoms with Crippen molar-refractivity contribution in [3.8, 4) is 5.75 Å². The molecule has 1 fully saturated rings. The monoisotopic (exact) mass is 538 g/mol. The maximum atomic E-state index is 13.3. The number of benzene rings is 1. The van der Waals surface area contributed by atoms with Crippen molar-refractivity contribution in [2.75, 3.05) is 7.11 Å². The van der Waals surface area contributed by atoms with Crippen LogP contribution in [0, 0.1) is 26.2 Å². The molecule has 3 aromatic rings. The lowest BCUT2D eigenvalue weighted by Crippen LogP contribution is -2.49. The number of nitrogens with zero attached hydrogens (tertiary/aromatic N) is 3. The minimum atomic E-state index is -3.63. The Kier molecular flexibility index (Phi) is 7.97. The Labute approximate surface area is 225 Å². The summed E-state index contributed by atoms with van der Waals surface area (Å²) in [7, 11) is -2.08. The third kappa shape index (κ3) is 6.09. The van der Waals surface area contributed by atoms with Gasteiger partial charge < -0.3 is 10.1 Å². The van der Waals surface area contributed by atoms with Gasteiger partial charge in [0.05, 0.1) is 23.5 Å². The van der Waals surface area contributed by atoms with Crippen molar-refractivity contribution in [3.63, 3.8) is 0 Å². The molecule has 0 saturated heterocycles. The summed E-state index contributed by atoms with van der Waals surface area (Å²) in [5, 5.41) is 7.70. The summed E-state index contributed by atoms with van der Waals surface area (Å²) in [5.41, 5.74) is 3.68. The van der Waals surface area contributed by atoms with Crippen LogP contribution in [0.2, 0.25) is 0 Å². The molecule has 1 amide bonds. The number of ether oxygens (including phenoxy) is 1.